The number of hydrogen-bond donors (Lipinski definition) is 0. The van der Waals surface area contributed by atoms with E-state index in [1.54, 1.807) is 0 Å². The minimum absolute atomic E-state index is 0.697. The molecule has 0 bridgehead atoms. The van der Waals surface area contributed by atoms with Crippen LogP contribution in [0.5, 0.6) is 11.5 Å². The maximum atomic E-state index is 6.91. The predicted octanol–water partition coefficient (Wildman–Crippen LogP) is 11.4. The first-order valence-corrected chi connectivity index (χ1v) is 15.8. The van der Waals surface area contributed by atoms with Crippen LogP contribution in [-0.4, -0.2) is 0 Å². The van der Waals surface area contributed by atoms with Crippen LogP contribution in [-0.2, 0) is 5.79 Å². The first-order chi connectivity index (χ1) is 23.2. The van der Waals surface area contributed by atoms with Crippen LogP contribution in [0.1, 0.15) is 11.1 Å². The van der Waals surface area contributed by atoms with E-state index in [1.807, 2.05) is 42.5 Å². The number of hydrogen-bond acceptors (Lipinski definition) is 4. The van der Waals surface area contributed by atoms with Crippen LogP contribution in [0.25, 0.3) is 44.2 Å². The van der Waals surface area contributed by atoms with Crippen LogP contribution < -0.4 is 14.4 Å². The molecule has 7 aromatic carbocycles. The summed E-state index contributed by atoms with van der Waals surface area (Å²) in [5.74, 6) is 0.383. The van der Waals surface area contributed by atoms with Crippen LogP contribution in [0.4, 0.5) is 17.1 Å². The second kappa shape index (κ2) is 9.87. The topological polar surface area (TPSA) is 34.8 Å². The summed E-state index contributed by atoms with van der Waals surface area (Å²) in [5, 5.41) is 2.20. The number of furan rings is 1. The maximum Gasteiger partial charge on any atom is 0.306 e. The van der Waals surface area contributed by atoms with Crippen LogP contribution in [0.3, 0.4) is 0 Å². The molecule has 0 saturated carbocycles. The summed E-state index contributed by atoms with van der Waals surface area (Å²) in [6, 6.07) is 56.6. The molecule has 1 spiro atoms. The summed E-state index contributed by atoms with van der Waals surface area (Å²) in [7, 11) is 0. The van der Waals surface area contributed by atoms with E-state index < -0.39 is 5.79 Å². The Morgan fingerprint density at radius 1 is 0.404 bits per heavy atom. The van der Waals surface area contributed by atoms with Gasteiger partial charge in [-0.05, 0) is 64.7 Å². The van der Waals surface area contributed by atoms with Gasteiger partial charge in [0.25, 0.3) is 0 Å². The highest BCUT2D eigenvalue weighted by molar-refractivity contribution is 6.06. The molecule has 1 aliphatic carbocycles. The van der Waals surface area contributed by atoms with Gasteiger partial charge in [0, 0.05) is 45.4 Å². The van der Waals surface area contributed by atoms with Crippen LogP contribution in [0.15, 0.2) is 168 Å². The van der Waals surface area contributed by atoms with E-state index in [4.69, 9.17) is 13.9 Å². The van der Waals surface area contributed by atoms with Crippen molar-refractivity contribution in [2.24, 2.45) is 0 Å². The third-order valence-corrected chi connectivity index (χ3v) is 9.38. The predicted molar refractivity (Wildman–Crippen MR) is 188 cm³/mol. The molecule has 2 aliphatic rings. The summed E-state index contributed by atoms with van der Waals surface area (Å²) in [4.78, 5) is 2.25. The largest absolute Gasteiger partial charge is 0.456 e. The molecule has 2 heterocycles. The zero-order valence-corrected chi connectivity index (χ0v) is 25.3. The summed E-state index contributed by atoms with van der Waals surface area (Å²) < 4.78 is 20.0. The highest BCUT2D eigenvalue weighted by atomic mass is 16.7. The molecule has 0 saturated heterocycles. The Kier molecular flexibility index (Phi) is 5.46. The SMILES string of the molecule is c1ccc(-c2cccc(N(c3ccc4c(c3)OC3(O4)c4ccccc4-c4ccccc43)c3ccc4c(c3)oc3ccccc34)c2)cc1. The standard InChI is InChI=1S/C43H27NO3/c1-2-11-28(12-3-1)29-13-10-14-30(25-29)44(31-21-23-36-35-17-6-9-20-39(35)45-41(36)26-31)32-22-24-40-42(27-32)47-43(46-40)37-18-7-4-15-33(37)34-16-5-8-19-38(34)43/h1-27H. The zero-order valence-electron chi connectivity index (χ0n) is 25.3. The number of anilines is 3. The van der Waals surface area contributed by atoms with Gasteiger partial charge in [0.05, 0.1) is 5.69 Å². The summed E-state index contributed by atoms with van der Waals surface area (Å²) >= 11 is 0. The molecule has 0 radical (unpaired) electrons. The molecule has 10 rings (SSSR count). The number of benzene rings is 7. The molecule has 0 N–H and O–H groups in total. The number of rotatable bonds is 4. The van der Waals surface area contributed by atoms with Gasteiger partial charge in [-0.2, -0.15) is 0 Å². The third-order valence-electron chi connectivity index (χ3n) is 9.38. The van der Waals surface area contributed by atoms with Crippen molar-refractivity contribution in [1.82, 2.24) is 0 Å². The Hall–Kier alpha value is -6.26. The molecule has 1 aromatic heterocycles. The minimum Gasteiger partial charge on any atom is -0.456 e. The normalized spacial score (nSPS) is 13.6. The van der Waals surface area contributed by atoms with Gasteiger partial charge in [-0.3, -0.25) is 0 Å². The maximum absolute atomic E-state index is 6.91. The molecule has 222 valence electrons. The molecule has 0 fully saturated rings. The monoisotopic (exact) mass is 605 g/mol. The van der Waals surface area contributed by atoms with Crippen molar-refractivity contribution >= 4 is 39.0 Å². The molecule has 0 unspecified atom stereocenters. The molecule has 8 aromatic rings. The van der Waals surface area contributed by atoms with Crippen molar-refractivity contribution in [3.8, 4) is 33.8 Å². The van der Waals surface area contributed by atoms with Gasteiger partial charge < -0.3 is 18.8 Å². The number of para-hydroxylation sites is 1. The lowest BCUT2D eigenvalue weighted by molar-refractivity contribution is -0.0417. The second-order valence-corrected chi connectivity index (χ2v) is 12.1. The van der Waals surface area contributed by atoms with E-state index in [-0.39, 0.29) is 0 Å². The van der Waals surface area contributed by atoms with Crippen molar-refractivity contribution in [1.29, 1.82) is 0 Å². The van der Waals surface area contributed by atoms with E-state index in [2.05, 4.69) is 126 Å². The van der Waals surface area contributed by atoms with Crippen molar-refractivity contribution in [3.05, 3.63) is 175 Å². The van der Waals surface area contributed by atoms with Crippen molar-refractivity contribution in [2.75, 3.05) is 4.90 Å². The van der Waals surface area contributed by atoms with Gasteiger partial charge in [0.15, 0.2) is 11.5 Å². The molecule has 1 aliphatic heterocycles. The van der Waals surface area contributed by atoms with E-state index in [0.717, 1.165) is 72.4 Å². The zero-order chi connectivity index (χ0) is 31.0. The molecular weight excluding hydrogens is 578 g/mol. The fourth-order valence-corrected chi connectivity index (χ4v) is 7.26. The van der Waals surface area contributed by atoms with Crippen LogP contribution >= 0.6 is 0 Å². The Morgan fingerprint density at radius 3 is 1.85 bits per heavy atom. The quantitative estimate of drug-likeness (QED) is 0.200. The van der Waals surface area contributed by atoms with Crippen LogP contribution in [0.2, 0.25) is 0 Å². The highest BCUT2D eigenvalue weighted by Crippen LogP contribution is 2.56. The Bertz CT molecular complexity index is 2450. The first kappa shape index (κ1) is 26.0. The van der Waals surface area contributed by atoms with Gasteiger partial charge in [0.1, 0.15) is 11.2 Å². The number of ether oxygens (including phenoxy) is 2. The molecule has 47 heavy (non-hydrogen) atoms. The van der Waals surface area contributed by atoms with Crippen molar-refractivity contribution in [2.45, 2.75) is 5.79 Å². The molecule has 0 atom stereocenters. The Morgan fingerprint density at radius 2 is 1.02 bits per heavy atom. The second-order valence-electron chi connectivity index (χ2n) is 12.1. The number of fused-ring (bicyclic) bond motifs is 9. The summed E-state index contributed by atoms with van der Waals surface area (Å²) in [5.41, 5.74) is 11.3. The van der Waals surface area contributed by atoms with Crippen molar-refractivity contribution < 1.29 is 13.9 Å². The van der Waals surface area contributed by atoms with Crippen molar-refractivity contribution in [3.63, 3.8) is 0 Å². The average Bonchev–Trinajstić information content (AvgIpc) is 3.79. The molecule has 4 heteroatoms. The van der Waals surface area contributed by atoms with E-state index in [9.17, 15) is 0 Å². The van der Waals surface area contributed by atoms with E-state index in [0.29, 0.717) is 11.5 Å². The smallest absolute Gasteiger partial charge is 0.306 e. The lowest BCUT2D eigenvalue weighted by atomic mass is 10.0. The van der Waals surface area contributed by atoms with Gasteiger partial charge in [-0.25, -0.2) is 0 Å². The summed E-state index contributed by atoms with van der Waals surface area (Å²) in [6.45, 7) is 0. The molecular formula is C43H27NO3. The van der Waals surface area contributed by atoms with E-state index in [1.165, 1.54) is 0 Å². The average molecular weight is 606 g/mol. The van der Waals surface area contributed by atoms with Crippen LogP contribution in [0, 0.1) is 0 Å². The molecule has 4 nitrogen and oxygen atoms in total. The van der Waals surface area contributed by atoms with E-state index >= 15 is 0 Å². The van der Waals surface area contributed by atoms with Gasteiger partial charge in [0.2, 0.25) is 0 Å². The molecule has 0 amide bonds. The lowest BCUT2D eigenvalue weighted by Gasteiger charge is -2.26. The fraction of sp³-hybridized carbons (Fsp3) is 0.0233. The van der Waals surface area contributed by atoms with Gasteiger partial charge in [-0.15, -0.1) is 0 Å². The highest BCUT2D eigenvalue weighted by Gasteiger charge is 2.52. The third kappa shape index (κ3) is 3.88. The number of nitrogens with zero attached hydrogens (tertiary/aromatic N) is 1. The summed E-state index contributed by atoms with van der Waals surface area (Å²) in [6.07, 6.45) is 0. The lowest BCUT2D eigenvalue weighted by Crippen LogP contribution is -2.34. The van der Waals surface area contributed by atoms with Gasteiger partial charge in [-0.1, -0.05) is 109 Å². The Labute approximate surface area is 271 Å². The first-order valence-electron chi connectivity index (χ1n) is 15.8. The minimum atomic E-state index is -1.03. The fourth-order valence-electron chi connectivity index (χ4n) is 7.26. The van der Waals surface area contributed by atoms with Gasteiger partial charge >= 0.3 is 5.79 Å². The Balaban J connectivity index is 1.13.